The molecule has 2 aromatic carbocycles. The third-order valence-corrected chi connectivity index (χ3v) is 3.51. The zero-order valence-corrected chi connectivity index (χ0v) is 11.6. The van der Waals surface area contributed by atoms with Gasteiger partial charge in [0.05, 0.1) is 5.88 Å². The molecule has 0 bridgehead atoms. The number of hydrogen-bond donors (Lipinski definition) is 0. The molecule has 4 heteroatoms. The van der Waals surface area contributed by atoms with Crippen molar-refractivity contribution in [2.45, 2.75) is 5.88 Å². The van der Waals surface area contributed by atoms with Crippen LogP contribution in [0.4, 0.5) is 0 Å². The minimum absolute atomic E-state index is 0.111. The molecule has 0 radical (unpaired) electrons. The number of alkyl halides is 1. The maximum atomic E-state index is 12.2. The van der Waals surface area contributed by atoms with Gasteiger partial charge >= 0.3 is 0 Å². The highest BCUT2D eigenvalue weighted by Crippen LogP contribution is 2.29. The highest BCUT2D eigenvalue weighted by molar-refractivity contribution is 6.37. The summed E-state index contributed by atoms with van der Waals surface area (Å²) in [5.74, 6) is 0.109. The molecule has 1 nitrogen and oxygen atoms in total. The molecule has 0 amide bonds. The minimum Gasteiger partial charge on any atom is -0.289 e. The molecule has 2 rings (SSSR count). The van der Waals surface area contributed by atoms with Gasteiger partial charge in [-0.05, 0) is 12.1 Å². The fourth-order valence-corrected chi connectivity index (χ4v) is 2.66. The molecule has 0 saturated carbocycles. The minimum atomic E-state index is -0.111. The van der Waals surface area contributed by atoms with Gasteiger partial charge in [0.25, 0.3) is 0 Å². The Bertz CT molecular complexity index is 556. The largest absolute Gasteiger partial charge is 0.289 e. The van der Waals surface area contributed by atoms with Crippen molar-refractivity contribution in [3.05, 3.63) is 69.2 Å². The van der Waals surface area contributed by atoms with Crippen molar-refractivity contribution in [3.63, 3.8) is 0 Å². The van der Waals surface area contributed by atoms with E-state index in [9.17, 15) is 4.79 Å². The maximum Gasteiger partial charge on any atom is 0.193 e. The van der Waals surface area contributed by atoms with Gasteiger partial charge in [0.1, 0.15) is 0 Å². The van der Waals surface area contributed by atoms with Crippen LogP contribution in [0.2, 0.25) is 10.0 Å². The maximum absolute atomic E-state index is 12.2. The van der Waals surface area contributed by atoms with Gasteiger partial charge in [-0.2, -0.15) is 0 Å². The van der Waals surface area contributed by atoms with Gasteiger partial charge in [0, 0.05) is 26.7 Å². The van der Waals surface area contributed by atoms with Crippen molar-refractivity contribution >= 4 is 40.6 Å². The number of ketones is 1. The van der Waals surface area contributed by atoms with E-state index in [-0.39, 0.29) is 11.7 Å². The topological polar surface area (TPSA) is 17.1 Å². The first-order valence-electron chi connectivity index (χ1n) is 5.27. The number of hydrogen-bond acceptors (Lipinski definition) is 1. The molecule has 0 N–H and O–H groups in total. The van der Waals surface area contributed by atoms with Crippen LogP contribution in [-0.4, -0.2) is 5.78 Å². The molecule has 18 heavy (non-hydrogen) atoms. The van der Waals surface area contributed by atoms with Crippen molar-refractivity contribution in [2.75, 3.05) is 0 Å². The average molecular weight is 300 g/mol. The lowest BCUT2D eigenvalue weighted by atomic mass is 10.0. The van der Waals surface area contributed by atoms with Crippen molar-refractivity contribution in [1.82, 2.24) is 0 Å². The number of carbonyl (C=O) groups excluding carboxylic acids is 1. The Labute approximate surface area is 120 Å². The van der Waals surface area contributed by atoms with Crippen LogP contribution in [0.1, 0.15) is 21.5 Å². The number of halogens is 3. The van der Waals surface area contributed by atoms with Gasteiger partial charge in [-0.3, -0.25) is 4.79 Å². The zero-order valence-electron chi connectivity index (χ0n) is 9.29. The van der Waals surface area contributed by atoms with Gasteiger partial charge in [-0.1, -0.05) is 53.5 Å². The first-order chi connectivity index (χ1) is 8.63. The normalized spacial score (nSPS) is 10.4. The van der Waals surface area contributed by atoms with Crippen LogP contribution >= 0.6 is 34.8 Å². The monoisotopic (exact) mass is 298 g/mol. The van der Waals surface area contributed by atoms with E-state index in [1.54, 1.807) is 24.3 Å². The van der Waals surface area contributed by atoms with Gasteiger partial charge in [-0.15, -0.1) is 11.6 Å². The Morgan fingerprint density at radius 2 is 1.50 bits per heavy atom. The summed E-state index contributed by atoms with van der Waals surface area (Å²) < 4.78 is 0. The SMILES string of the molecule is O=C(c1ccccc1)c1cc(Cl)c(CCl)c(Cl)c1. The predicted molar refractivity (Wildman–Crippen MR) is 75.9 cm³/mol. The zero-order chi connectivity index (χ0) is 13.1. The van der Waals surface area contributed by atoms with Crippen molar-refractivity contribution < 1.29 is 4.79 Å². The third kappa shape index (κ3) is 2.69. The van der Waals surface area contributed by atoms with E-state index in [0.717, 1.165) is 0 Å². The van der Waals surface area contributed by atoms with E-state index in [1.807, 2.05) is 18.2 Å². The molecule has 0 fully saturated rings. The van der Waals surface area contributed by atoms with Crippen molar-refractivity contribution in [1.29, 1.82) is 0 Å². The number of rotatable bonds is 3. The highest BCUT2D eigenvalue weighted by atomic mass is 35.5. The Morgan fingerprint density at radius 1 is 0.944 bits per heavy atom. The second-order valence-corrected chi connectivity index (χ2v) is 4.83. The number of carbonyl (C=O) groups is 1. The number of benzene rings is 2. The Kier molecular flexibility index (Phi) is 4.28. The molecule has 0 spiro atoms. The standard InChI is InChI=1S/C14H9Cl3O/c15-8-11-12(16)6-10(7-13(11)17)14(18)9-4-2-1-3-5-9/h1-7H,8H2. The molecule has 0 aromatic heterocycles. The van der Waals surface area contributed by atoms with Gasteiger partial charge in [0.15, 0.2) is 5.78 Å². The van der Waals surface area contributed by atoms with Crippen molar-refractivity contribution in [3.8, 4) is 0 Å². The average Bonchev–Trinajstić information content (AvgIpc) is 2.38. The second-order valence-electron chi connectivity index (χ2n) is 3.75. The quantitative estimate of drug-likeness (QED) is 0.578. The second kappa shape index (κ2) is 5.75. The molecule has 0 atom stereocenters. The third-order valence-electron chi connectivity index (χ3n) is 2.57. The fourth-order valence-electron chi connectivity index (χ4n) is 1.62. The molecule has 0 saturated heterocycles. The summed E-state index contributed by atoms with van der Waals surface area (Å²) in [5.41, 5.74) is 1.71. The highest BCUT2D eigenvalue weighted by Gasteiger charge is 2.13. The van der Waals surface area contributed by atoms with Gasteiger partial charge in [0.2, 0.25) is 0 Å². The molecule has 0 aliphatic rings. The Hall–Kier alpha value is -1.02. The molecular formula is C14H9Cl3O. The lowest BCUT2D eigenvalue weighted by Gasteiger charge is -2.07. The molecular weight excluding hydrogens is 291 g/mol. The van der Waals surface area contributed by atoms with Crippen LogP contribution in [0.15, 0.2) is 42.5 Å². The summed E-state index contributed by atoms with van der Waals surface area (Å²) in [6.45, 7) is 0. The summed E-state index contributed by atoms with van der Waals surface area (Å²) in [7, 11) is 0. The summed E-state index contributed by atoms with van der Waals surface area (Å²) in [6.07, 6.45) is 0. The smallest absolute Gasteiger partial charge is 0.193 e. The fraction of sp³-hybridized carbons (Fsp3) is 0.0714. The van der Waals surface area contributed by atoms with Crippen LogP contribution in [-0.2, 0) is 5.88 Å². The van der Waals surface area contributed by atoms with E-state index >= 15 is 0 Å². The van der Waals surface area contributed by atoms with Crippen LogP contribution < -0.4 is 0 Å². The van der Waals surface area contributed by atoms with Crippen molar-refractivity contribution in [2.24, 2.45) is 0 Å². The summed E-state index contributed by atoms with van der Waals surface area (Å²) in [5, 5.41) is 0.827. The molecule has 0 aliphatic carbocycles. The molecule has 2 aromatic rings. The Morgan fingerprint density at radius 3 is 2.00 bits per heavy atom. The molecule has 92 valence electrons. The van der Waals surface area contributed by atoms with Crippen LogP contribution in [0.3, 0.4) is 0 Å². The van der Waals surface area contributed by atoms with E-state index in [4.69, 9.17) is 34.8 Å². The summed E-state index contributed by atoms with van der Waals surface area (Å²) >= 11 is 17.8. The molecule has 0 unspecified atom stereocenters. The lowest BCUT2D eigenvalue weighted by Crippen LogP contribution is -2.02. The van der Waals surface area contributed by atoms with Crippen LogP contribution in [0.25, 0.3) is 0 Å². The molecule has 0 aliphatic heterocycles. The van der Waals surface area contributed by atoms with E-state index in [0.29, 0.717) is 26.7 Å². The van der Waals surface area contributed by atoms with E-state index in [2.05, 4.69) is 0 Å². The van der Waals surface area contributed by atoms with Crippen LogP contribution in [0, 0.1) is 0 Å². The van der Waals surface area contributed by atoms with Crippen LogP contribution in [0.5, 0.6) is 0 Å². The van der Waals surface area contributed by atoms with E-state index < -0.39 is 0 Å². The van der Waals surface area contributed by atoms with Gasteiger partial charge < -0.3 is 0 Å². The van der Waals surface area contributed by atoms with Gasteiger partial charge in [-0.25, -0.2) is 0 Å². The summed E-state index contributed by atoms with van der Waals surface area (Å²) in [6, 6.07) is 12.2. The first-order valence-corrected chi connectivity index (χ1v) is 6.56. The Balaban J connectivity index is 2.44. The van der Waals surface area contributed by atoms with E-state index in [1.165, 1.54) is 0 Å². The first kappa shape index (κ1) is 13.4. The predicted octanol–water partition coefficient (Wildman–Crippen LogP) is 4.96. The summed E-state index contributed by atoms with van der Waals surface area (Å²) in [4.78, 5) is 12.2. The molecule has 0 heterocycles. The lowest BCUT2D eigenvalue weighted by molar-refractivity contribution is 0.103.